The average Bonchev–Trinajstić information content (AvgIpc) is 2.47. The van der Waals surface area contributed by atoms with Crippen LogP contribution < -0.4 is 5.32 Å². The van der Waals surface area contributed by atoms with Gasteiger partial charge in [-0.2, -0.15) is 13.2 Å². The van der Waals surface area contributed by atoms with Gasteiger partial charge in [-0.3, -0.25) is 4.90 Å². The molecule has 1 unspecified atom stereocenters. The topological polar surface area (TPSA) is 15.3 Å². The number of benzene rings is 1. The Kier molecular flexibility index (Phi) is 6.34. The highest BCUT2D eigenvalue weighted by Gasteiger charge is 2.34. The van der Waals surface area contributed by atoms with Crippen LogP contribution in [-0.4, -0.2) is 31.1 Å². The van der Waals surface area contributed by atoms with E-state index in [0.717, 1.165) is 50.7 Å². The van der Waals surface area contributed by atoms with Gasteiger partial charge in [-0.05, 0) is 30.0 Å². The van der Waals surface area contributed by atoms with Crippen molar-refractivity contribution >= 4 is 11.6 Å². The fraction of sp³-hybridized carbons (Fsp3) is 0.647. The molecule has 1 aliphatic heterocycles. The second kappa shape index (κ2) is 7.86. The van der Waals surface area contributed by atoms with Crippen LogP contribution in [0.5, 0.6) is 0 Å². The van der Waals surface area contributed by atoms with E-state index in [4.69, 9.17) is 11.6 Å². The van der Waals surface area contributed by atoms with Crippen LogP contribution in [0.3, 0.4) is 0 Å². The van der Waals surface area contributed by atoms with Gasteiger partial charge in [0.15, 0.2) is 0 Å². The van der Waals surface area contributed by atoms with Crippen LogP contribution in [0.15, 0.2) is 18.2 Å². The lowest BCUT2D eigenvalue weighted by Gasteiger charge is -2.39. The van der Waals surface area contributed by atoms with Crippen LogP contribution >= 0.6 is 11.6 Å². The van der Waals surface area contributed by atoms with E-state index in [1.165, 1.54) is 6.07 Å². The Morgan fingerprint density at radius 3 is 2.43 bits per heavy atom. The summed E-state index contributed by atoms with van der Waals surface area (Å²) in [4.78, 5) is 2.36. The average molecular weight is 349 g/mol. The van der Waals surface area contributed by atoms with Gasteiger partial charge >= 0.3 is 6.18 Å². The van der Waals surface area contributed by atoms with Crippen LogP contribution in [0.4, 0.5) is 13.2 Å². The lowest BCUT2D eigenvalue weighted by Crippen LogP contribution is -2.46. The molecule has 0 aromatic heterocycles. The van der Waals surface area contributed by atoms with Crippen molar-refractivity contribution < 1.29 is 13.2 Å². The molecule has 2 atom stereocenters. The maximum Gasteiger partial charge on any atom is 0.417 e. The van der Waals surface area contributed by atoms with Gasteiger partial charge in [0.1, 0.15) is 0 Å². The monoisotopic (exact) mass is 348 g/mol. The van der Waals surface area contributed by atoms with Crippen molar-refractivity contribution in [3.8, 4) is 0 Å². The number of halogens is 4. The van der Waals surface area contributed by atoms with Crippen molar-refractivity contribution in [2.45, 2.75) is 38.9 Å². The summed E-state index contributed by atoms with van der Waals surface area (Å²) >= 11 is 5.93. The van der Waals surface area contributed by atoms with E-state index < -0.39 is 11.7 Å². The second-order valence-electron chi connectivity index (χ2n) is 6.23. The van der Waals surface area contributed by atoms with E-state index >= 15 is 0 Å². The Hall–Kier alpha value is -0.780. The molecule has 0 amide bonds. The summed E-state index contributed by atoms with van der Waals surface area (Å²) in [5.41, 5.74) is 0.121. The van der Waals surface area contributed by atoms with Crippen LogP contribution in [0, 0.1) is 5.92 Å². The SMILES string of the molecule is CCCC(C)[C@H](c1ccc(C(F)(F)F)c(Cl)c1)N1CCNCC1. The molecule has 0 spiro atoms. The van der Waals surface area contributed by atoms with Crippen molar-refractivity contribution in [1.29, 1.82) is 0 Å². The van der Waals surface area contributed by atoms with Gasteiger partial charge in [-0.1, -0.05) is 37.9 Å². The molecule has 1 aliphatic rings. The van der Waals surface area contributed by atoms with Crippen molar-refractivity contribution in [3.05, 3.63) is 34.3 Å². The second-order valence-corrected chi connectivity index (χ2v) is 6.64. The Morgan fingerprint density at radius 1 is 1.26 bits per heavy atom. The third-order valence-electron chi connectivity index (χ3n) is 4.47. The fourth-order valence-electron chi connectivity index (χ4n) is 3.42. The highest BCUT2D eigenvalue weighted by Crippen LogP contribution is 2.38. The molecule has 0 aliphatic carbocycles. The minimum Gasteiger partial charge on any atom is -0.314 e. The van der Waals surface area contributed by atoms with Gasteiger partial charge in [0.25, 0.3) is 0 Å². The number of nitrogens with zero attached hydrogens (tertiary/aromatic N) is 1. The third kappa shape index (κ3) is 4.61. The molecule has 0 saturated carbocycles. The maximum atomic E-state index is 12.9. The number of hydrogen-bond acceptors (Lipinski definition) is 2. The lowest BCUT2D eigenvalue weighted by atomic mass is 9.88. The molecule has 1 saturated heterocycles. The van der Waals surface area contributed by atoms with E-state index in [1.54, 1.807) is 6.07 Å². The number of hydrogen-bond donors (Lipinski definition) is 1. The molecule has 1 N–H and O–H groups in total. The Morgan fingerprint density at radius 2 is 1.91 bits per heavy atom. The van der Waals surface area contributed by atoms with E-state index in [2.05, 4.69) is 24.1 Å². The van der Waals surface area contributed by atoms with Crippen molar-refractivity contribution in [3.63, 3.8) is 0 Å². The normalized spacial score (nSPS) is 19.6. The van der Waals surface area contributed by atoms with Crippen LogP contribution in [-0.2, 0) is 6.18 Å². The molecule has 6 heteroatoms. The van der Waals surface area contributed by atoms with Crippen molar-refractivity contribution in [1.82, 2.24) is 10.2 Å². The zero-order valence-electron chi connectivity index (χ0n) is 13.6. The number of piperazine rings is 1. The van der Waals surface area contributed by atoms with Gasteiger partial charge < -0.3 is 5.32 Å². The molecule has 1 aromatic rings. The highest BCUT2D eigenvalue weighted by molar-refractivity contribution is 6.31. The minimum atomic E-state index is -4.41. The maximum absolute atomic E-state index is 12.9. The number of alkyl halides is 3. The van der Waals surface area contributed by atoms with Crippen molar-refractivity contribution in [2.24, 2.45) is 5.92 Å². The Bertz CT molecular complexity index is 513. The zero-order chi connectivity index (χ0) is 17.0. The standard InChI is InChI=1S/C17H24ClF3N2/c1-3-4-12(2)16(23-9-7-22-8-10-23)13-5-6-14(15(18)11-13)17(19,20)21/h5-6,11-12,16,22H,3-4,7-10H2,1-2H3/t12?,16-/m1/s1. The first kappa shape index (κ1) is 18.6. The molecule has 2 nitrogen and oxygen atoms in total. The summed E-state index contributed by atoms with van der Waals surface area (Å²) < 4.78 is 38.7. The molecule has 130 valence electrons. The summed E-state index contributed by atoms with van der Waals surface area (Å²) in [6.45, 7) is 7.91. The first-order chi connectivity index (χ1) is 10.8. The van der Waals surface area contributed by atoms with Gasteiger partial charge in [0, 0.05) is 32.2 Å². The first-order valence-corrected chi connectivity index (χ1v) is 8.53. The van der Waals surface area contributed by atoms with Crippen LogP contribution in [0.1, 0.15) is 43.9 Å². The fourth-order valence-corrected chi connectivity index (χ4v) is 3.71. The molecule has 1 fully saturated rings. The van der Waals surface area contributed by atoms with Gasteiger partial charge in [-0.15, -0.1) is 0 Å². The molecule has 0 radical (unpaired) electrons. The number of nitrogens with one attached hydrogen (secondary N) is 1. The predicted octanol–water partition coefficient (Wildman–Crippen LogP) is 4.74. The number of rotatable bonds is 5. The van der Waals surface area contributed by atoms with Gasteiger partial charge in [0.05, 0.1) is 10.6 Å². The summed E-state index contributed by atoms with van der Waals surface area (Å²) in [6.07, 6.45) is -2.32. The van der Waals surface area contributed by atoms with E-state index in [9.17, 15) is 13.2 Å². The molecule has 0 bridgehead atoms. The molecule has 23 heavy (non-hydrogen) atoms. The summed E-state index contributed by atoms with van der Waals surface area (Å²) in [5, 5.41) is 3.11. The molecule has 1 heterocycles. The minimum absolute atomic E-state index is 0.108. The van der Waals surface area contributed by atoms with Gasteiger partial charge in [-0.25, -0.2) is 0 Å². The van der Waals surface area contributed by atoms with E-state index in [1.807, 2.05) is 0 Å². The quantitative estimate of drug-likeness (QED) is 0.826. The smallest absolute Gasteiger partial charge is 0.314 e. The lowest BCUT2D eigenvalue weighted by molar-refractivity contribution is -0.137. The summed E-state index contributed by atoms with van der Waals surface area (Å²) in [6, 6.07) is 4.32. The Balaban J connectivity index is 2.32. The van der Waals surface area contributed by atoms with Crippen LogP contribution in [0.2, 0.25) is 5.02 Å². The zero-order valence-corrected chi connectivity index (χ0v) is 14.3. The molecule has 1 aromatic carbocycles. The molecule has 2 rings (SSSR count). The van der Waals surface area contributed by atoms with E-state index in [0.29, 0.717) is 5.92 Å². The Labute approximate surface area is 141 Å². The third-order valence-corrected chi connectivity index (χ3v) is 4.78. The van der Waals surface area contributed by atoms with E-state index in [-0.39, 0.29) is 11.1 Å². The molecular formula is C17H24ClF3N2. The first-order valence-electron chi connectivity index (χ1n) is 8.16. The molecular weight excluding hydrogens is 325 g/mol. The van der Waals surface area contributed by atoms with Gasteiger partial charge in [0.2, 0.25) is 0 Å². The summed E-state index contributed by atoms with van der Waals surface area (Å²) in [5.74, 6) is 0.367. The highest BCUT2D eigenvalue weighted by atomic mass is 35.5. The largest absolute Gasteiger partial charge is 0.417 e. The predicted molar refractivity (Wildman–Crippen MR) is 87.7 cm³/mol. The summed E-state index contributed by atoms with van der Waals surface area (Å²) in [7, 11) is 0. The van der Waals surface area contributed by atoms with Crippen LogP contribution in [0.25, 0.3) is 0 Å². The van der Waals surface area contributed by atoms with Crippen molar-refractivity contribution in [2.75, 3.05) is 26.2 Å².